The molecule has 0 saturated carbocycles. The van der Waals surface area contributed by atoms with Crippen LogP contribution in [0, 0.1) is 6.92 Å². The average molecular weight is 281 g/mol. The second kappa shape index (κ2) is 5.24. The van der Waals surface area contributed by atoms with Gasteiger partial charge in [-0.15, -0.1) is 0 Å². The Bertz CT molecular complexity index is 809. The van der Waals surface area contributed by atoms with E-state index < -0.39 is 0 Å². The summed E-state index contributed by atoms with van der Waals surface area (Å²) in [5.41, 5.74) is 3.41. The Kier molecular flexibility index (Phi) is 3.27. The third-order valence-electron chi connectivity index (χ3n) is 3.01. The number of hydrogen-bond donors (Lipinski definition) is 3. The quantitative estimate of drug-likeness (QED) is 0.689. The summed E-state index contributed by atoms with van der Waals surface area (Å²) in [6.45, 7) is 3.46. The summed E-state index contributed by atoms with van der Waals surface area (Å²) < 4.78 is 0. The lowest BCUT2D eigenvalue weighted by molar-refractivity contribution is -0.114. The molecule has 0 fully saturated rings. The molecule has 1 aromatic carbocycles. The van der Waals surface area contributed by atoms with Gasteiger partial charge in [-0.2, -0.15) is 0 Å². The van der Waals surface area contributed by atoms with E-state index in [4.69, 9.17) is 0 Å². The highest BCUT2D eigenvalue weighted by molar-refractivity contribution is 5.91. The number of H-pyrrole nitrogens is 1. The number of amides is 1. The van der Waals surface area contributed by atoms with Crippen molar-refractivity contribution in [3.8, 4) is 0 Å². The van der Waals surface area contributed by atoms with Gasteiger partial charge in [-0.25, -0.2) is 9.97 Å². The monoisotopic (exact) mass is 281 g/mol. The van der Waals surface area contributed by atoms with Gasteiger partial charge in [-0.05, 0) is 31.2 Å². The van der Waals surface area contributed by atoms with Crippen LogP contribution in [0.2, 0.25) is 0 Å². The zero-order chi connectivity index (χ0) is 14.8. The first-order valence-corrected chi connectivity index (χ1v) is 6.57. The molecule has 0 unspecified atom stereocenters. The van der Waals surface area contributed by atoms with E-state index in [1.807, 2.05) is 37.3 Å². The SMILES string of the molecule is CC(=O)Nc1cccc(Nc2ncnc3[nH]c(C)cc23)c1. The molecule has 0 spiro atoms. The Morgan fingerprint density at radius 3 is 2.81 bits per heavy atom. The first-order valence-electron chi connectivity index (χ1n) is 6.57. The number of fused-ring (bicyclic) bond motifs is 1. The van der Waals surface area contributed by atoms with Crippen LogP contribution >= 0.6 is 0 Å². The van der Waals surface area contributed by atoms with Gasteiger partial charge in [0.15, 0.2) is 0 Å². The molecule has 1 amide bonds. The Hall–Kier alpha value is -2.89. The molecule has 3 rings (SSSR count). The third-order valence-corrected chi connectivity index (χ3v) is 3.01. The largest absolute Gasteiger partial charge is 0.343 e. The molecule has 6 heteroatoms. The molecule has 106 valence electrons. The minimum atomic E-state index is -0.0992. The van der Waals surface area contributed by atoms with Crippen molar-refractivity contribution in [3.05, 3.63) is 42.4 Å². The molecule has 0 radical (unpaired) electrons. The van der Waals surface area contributed by atoms with E-state index in [2.05, 4.69) is 25.6 Å². The van der Waals surface area contributed by atoms with Crippen molar-refractivity contribution < 1.29 is 4.79 Å². The molecule has 3 N–H and O–H groups in total. The van der Waals surface area contributed by atoms with Crippen LogP contribution in [0.3, 0.4) is 0 Å². The van der Waals surface area contributed by atoms with Crippen LogP contribution in [0.25, 0.3) is 11.0 Å². The van der Waals surface area contributed by atoms with Crippen LogP contribution in [-0.2, 0) is 4.79 Å². The highest BCUT2D eigenvalue weighted by atomic mass is 16.1. The number of benzene rings is 1. The molecule has 2 heterocycles. The van der Waals surface area contributed by atoms with Crippen LogP contribution in [0.4, 0.5) is 17.2 Å². The molecule has 0 aliphatic rings. The summed E-state index contributed by atoms with van der Waals surface area (Å²) >= 11 is 0. The summed E-state index contributed by atoms with van der Waals surface area (Å²) in [6, 6.07) is 9.47. The minimum Gasteiger partial charge on any atom is -0.343 e. The van der Waals surface area contributed by atoms with E-state index in [9.17, 15) is 4.79 Å². The summed E-state index contributed by atoms with van der Waals surface area (Å²) in [4.78, 5) is 22.8. The van der Waals surface area contributed by atoms with E-state index in [1.54, 1.807) is 0 Å². The number of aryl methyl sites for hydroxylation is 1. The van der Waals surface area contributed by atoms with Gasteiger partial charge in [0.2, 0.25) is 5.91 Å². The Morgan fingerprint density at radius 1 is 1.19 bits per heavy atom. The Labute approximate surface area is 121 Å². The fraction of sp³-hybridized carbons (Fsp3) is 0.133. The molecule has 3 aromatic rings. The maximum atomic E-state index is 11.1. The van der Waals surface area contributed by atoms with Gasteiger partial charge in [0.05, 0.1) is 5.39 Å². The second-order valence-corrected chi connectivity index (χ2v) is 4.82. The van der Waals surface area contributed by atoms with Crippen LogP contribution in [0.5, 0.6) is 0 Å². The van der Waals surface area contributed by atoms with Crippen LogP contribution in [0.15, 0.2) is 36.7 Å². The predicted molar refractivity (Wildman–Crippen MR) is 82.7 cm³/mol. The molecular formula is C15H15N5O. The highest BCUT2D eigenvalue weighted by Crippen LogP contribution is 2.24. The van der Waals surface area contributed by atoms with Gasteiger partial charge < -0.3 is 15.6 Å². The molecule has 0 bridgehead atoms. The van der Waals surface area contributed by atoms with E-state index >= 15 is 0 Å². The van der Waals surface area contributed by atoms with E-state index in [0.717, 1.165) is 33.9 Å². The van der Waals surface area contributed by atoms with Gasteiger partial charge >= 0.3 is 0 Å². The van der Waals surface area contributed by atoms with Crippen LogP contribution in [-0.4, -0.2) is 20.9 Å². The number of rotatable bonds is 3. The number of anilines is 3. The number of hydrogen-bond acceptors (Lipinski definition) is 4. The van der Waals surface area contributed by atoms with Crippen molar-refractivity contribution in [2.24, 2.45) is 0 Å². The maximum absolute atomic E-state index is 11.1. The number of aromatic amines is 1. The number of carbonyl (C=O) groups excluding carboxylic acids is 1. The lowest BCUT2D eigenvalue weighted by Crippen LogP contribution is -2.05. The third kappa shape index (κ3) is 2.84. The minimum absolute atomic E-state index is 0.0992. The molecule has 21 heavy (non-hydrogen) atoms. The smallest absolute Gasteiger partial charge is 0.221 e. The lowest BCUT2D eigenvalue weighted by Gasteiger charge is -2.08. The van der Waals surface area contributed by atoms with Gasteiger partial charge in [0.25, 0.3) is 0 Å². The fourth-order valence-corrected chi connectivity index (χ4v) is 2.19. The number of nitrogens with one attached hydrogen (secondary N) is 3. The zero-order valence-electron chi connectivity index (χ0n) is 11.8. The lowest BCUT2D eigenvalue weighted by atomic mass is 10.2. The molecular weight excluding hydrogens is 266 g/mol. The van der Waals surface area contributed by atoms with E-state index in [0.29, 0.717) is 0 Å². The van der Waals surface area contributed by atoms with Crippen molar-refractivity contribution >= 4 is 34.1 Å². The molecule has 0 aliphatic carbocycles. The van der Waals surface area contributed by atoms with Crippen molar-refractivity contribution in [2.45, 2.75) is 13.8 Å². The first-order chi connectivity index (χ1) is 10.1. The summed E-state index contributed by atoms with van der Waals surface area (Å²) in [7, 11) is 0. The first kappa shape index (κ1) is 13.1. The van der Waals surface area contributed by atoms with Crippen LogP contribution in [0.1, 0.15) is 12.6 Å². The highest BCUT2D eigenvalue weighted by Gasteiger charge is 2.07. The molecule has 0 saturated heterocycles. The van der Waals surface area contributed by atoms with Crippen molar-refractivity contribution in [2.75, 3.05) is 10.6 Å². The van der Waals surface area contributed by atoms with Crippen molar-refractivity contribution in [3.63, 3.8) is 0 Å². The van der Waals surface area contributed by atoms with Gasteiger partial charge in [0, 0.05) is 24.0 Å². The Morgan fingerprint density at radius 2 is 2.00 bits per heavy atom. The van der Waals surface area contributed by atoms with E-state index in [1.165, 1.54) is 13.3 Å². The number of aromatic nitrogens is 3. The zero-order valence-corrected chi connectivity index (χ0v) is 11.8. The second-order valence-electron chi connectivity index (χ2n) is 4.82. The number of nitrogens with zero attached hydrogens (tertiary/aromatic N) is 2. The van der Waals surface area contributed by atoms with Crippen LogP contribution < -0.4 is 10.6 Å². The van der Waals surface area contributed by atoms with Crippen molar-refractivity contribution in [1.82, 2.24) is 15.0 Å². The molecule has 0 aliphatic heterocycles. The molecule has 0 atom stereocenters. The standard InChI is InChI=1S/C15H15N5O/c1-9-6-13-14(18-9)16-8-17-15(13)20-12-5-3-4-11(7-12)19-10(2)21/h3-8H,1-2H3,(H,19,21)(H2,16,17,18,20). The number of carbonyl (C=O) groups is 1. The molecule has 6 nitrogen and oxygen atoms in total. The topological polar surface area (TPSA) is 82.7 Å². The maximum Gasteiger partial charge on any atom is 0.221 e. The average Bonchev–Trinajstić information content (AvgIpc) is 2.80. The van der Waals surface area contributed by atoms with Gasteiger partial charge in [0.1, 0.15) is 17.8 Å². The predicted octanol–water partition coefficient (Wildman–Crippen LogP) is 2.97. The van der Waals surface area contributed by atoms with E-state index in [-0.39, 0.29) is 5.91 Å². The Balaban J connectivity index is 1.93. The summed E-state index contributed by atoms with van der Waals surface area (Å²) in [6.07, 6.45) is 1.51. The van der Waals surface area contributed by atoms with Crippen molar-refractivity contribution in [1.29, 1.82) is 0 Å². The summed E-state index contributed by atoms with van der Waals surface area (Å²) in [5.74, 6) is 0.627. The fourth-order valence-electron chi connectivity index (χ4n) is 2.19. The summed E-state index contributed by atoms with van der Waals surface area (Å²) in [5, 5.41) is 6.94. The van der Waals surface area contributed by atoms with Gasteiger partial charge in [-0.3, -0.25) is 4.79 Å². The van der Waals surface area contributed by atoms with Gasteiger partial charge in [-0.1, -0.05) is 6.07 Å². The normalized spacial score (nSPS) is 10.6. The molecule has 2 aromatic heterocycles.